The van der Waals surface area contributed by atoms with E-state index < -0.39 is 16.7 Å². The Bertz CT molecular complexity index is 1120. The van der Waals surface area contributed by atoms with Crippen molar-refractivity contribution in [3.05, 3.63) is 71.0 Å². The Morgan fingerprint density at radius 1 is 1.23 bits per heavy atom. The van der Waals surface area contributed by atoms with Crippen molar-refractivity contribution in [2.75, 3.05) is 4.72 Å². The van der Waals surface area contributed by atoms with Crippen molar-refractivity contribution < 1.29 is 8.63 Å². The second-order valence-electron chi connectivity index (χ2n) is 5.57. The maximum atomic E-state index is 12.4. The van der Waals surface area contributed by atoms with Crippen LogP contribution in [-0.2, 0) is 11.0 Å². The molecule has 0 spiro atoms. The molecule has 2 aromatic carbocycles. The fourth-order valence-electron chi connectivity index (χ4n) is 2.74. The highest BCUT2D eigenvalue weighted by Crippen LogP contribution is 2.24. The minimum Gasteiger partial charge on any atom is -0.408 e. The number of hydrogen-bond acceptors (Lipinski definition) is 6. The highest BCUT2D eigenvalue weighted by Gasteiger charge is 2.18. The number of nitrogens with zero attached hydrogens (tertiary/aromatic N) is 3. The second kappa shape index (κ2) is 6.85. The zero-order chi connectivity index (χ0) is 18.1. The van der Waals surface area contributed by atoms with Gasteiger partial charge in [0.15, 0.2) is 16.6 Å². The Morgan fingerprint density at radius 3 is 2.77 bits per heavy atom. The Balaban J connectivity index is 1.70. The quantitative estimate of drug-likeness (QED) is 0.569. The largest absolute Gasteiger partial charge is 0.420 e. The molecule has 2 heterocycles. The summed E-state index contributed by atoms with van der Waals surface area (Å²) in [6.45, 7) is 1.94. The maximum absolute atomic E-state index is 12.4. The third-order valence-electron chi connectivity index (χ3n) is 4.01. The first-order chi connectivity index (χ1) is 12.6. The number of hydrogen-bond donors (Lipinski definition) is 1. The summed E-state index contributed by atoms with van der Waals surface area (Å²) in [5.41, 5.74) is 2.05. The van der Waals surface area contributed by atoms with Gasteiger partial charge in [-0.1, -0.05) is 30.3 Å². The number of oxazole rings is 1. The Hall–Kier alpha value is -2.78. The van der Waals surface area contributed by atoms with Crippen molar-refractivity contribution in [2.24, 2.45) is 0 Å². The summed E-state index contributed by atoms with van der Waals surface area (Å²) >= 11 is 1.11. The Morgan fingerprint density at radius 2 is 2.04 bits per heavy atom. The van der Waals surface area contributed by atoms with E-state index in [9.17, 15) is 9.00 Å². The molecule has 0 aliphatic heterocycles. The number of fused-ring (bicyclic) bond motifs is 1. The molecule has 132 valence electrons. The topological polar surface area (TPSA) is 90.0 Å². The van der Waals surface area contributed by atoms with Crippen LogP contribution in [-0.4, -0.2) is 18.1 Å². The van der Waals surface area contributed by atoms with Gasteiger partial charge in [0.2, 0.25) is 5.13 Å². The Labute approximate surface area is 155 Å². The fourth-order valence-corrected chi connectivity index (χ4v) is 4.14. The van der Waals surface area contributed by atoms with Gasteiger partial charge in [0.05, 0.1) is 16.5 Å². The van der Waals surface area contributed by atoms with Crippen molar-refractivity contribution >= 4 is 38.7 Å². The standard InChI is InChI=1S/C17H14N4O3S2/c1-11(12-5-3-2-4-6-12)21-14-8-7-13(9-15(14)24-17(21)22)26(23)20-16-18-10-19-25-16/h2-11H,1H3,(H,18,19,20)/t11-,26?/m0/s1. The molecule has 0 amide bonds. The van der Waals surface area contributed by atoms with E-state index in [2.05, 4.69) is 14.1 Å². The number of rotatable bonds is 5. The van der Waals surface area contributed by atoms with Crippen LogP contribution in [0.25, 0.3) is 11.1 Å². The SMILES string of the molecule is C[C@@H](c1ccccc1)n1c(=O)oc2cc(S(=O)Nc3ncns3)ccc21. The maximum Gasteiger partial charge on any atom is 0.420 e. The summed E-state index contributed by atoms with van der Waals surface area (Å²) in [7, 11) is -1.53. The fraction of sp³-hybridized carbons (Fsp3) is 0.118. The monoisotopic (exact) mass is 386 g/mol. The zero-order valence-electron chi connectivity index (χ0n) is 13.7. The molecule has 0 radical (unpaired) electrons. The van der Waals surface area contributed by atoms with Crippen molar-refractivity contribution in [3.8, 4) is 0 Å². The van der Waals surface area contributed by atoms with Gasteiger partial charge < -0.3 is 4.42 Å². The van der Waals surface area contributed by atoms with E-state index in [1.807, 2.05) is 37.3 Å². The molecule has 0 aliphatic rings. The summed E-state index contributed by atoms with van der Waals surface area (Å²) in [5.74, 6) is -0.448. The molecule has 2 aromatic heterocycles. The summed E-state index contributed by atoms with van der Waals surface area (Å²) in [5, 5.41) is 0.458. The van der Waals surface area contributed by atoms with E-state index in [1.54, 1.807) is 22.8 Å². The zero-order valence-corrected chi connectivity index (χ0v) is 15.3. The summed E-state index contributed by atoms with van der Waals surface area (Å²) in [4.78, 5) is 16.8. The van der Waals surface area contributed by atoms with Gasteiger partial charge in [-0.3, -0.25) is 9.29 Å². The molecule has 0 fully saturated rings. The highest BCUT2D eigenvalue weighted by atomic mass is 32.2. The first-order valence-electron chi connectivity index (χ1n) is 7.78. The van der Waals surface area contributed by atoms with Gasteiger partial charge in [-0.2, -0.15) is 4.37 Å². The molecule has 1 N–H and O–H groups in total. The van der Waals surface area contributed by atoms with Gasteiger partial charge in [0.1, 0.15) is 6.33 Å². The molecule has 2 atom stereocenters. The molecule has 1 unspecified atom stereocenters. The molecule has 9 heteroatoms. The molecule has 0 saturated heterocycles. The van der Waals surface area contributed by atoms with Crippen molar-refractivity contribution in [1.29, 1.82) is 0 Å². The lowest BCUT2D eigenvalue weighted by Crippen LogP contribution is -2.19. The van der Waals surface area contributed by atoms with Crippen LogP contribution >= 0.6 is 11.5 Å². The third kappa shape index (κ3) is 3.06. The number of anilines is 1. The average Bonchev–Trinajstić information content (AvgIpc) is 3.27. The smallest absolute Gasteiger partial charge is 0.408 e. The van der Waals surface area contributed by atoms with Crippen molar-refractivity contribution in [3.63, 3.8) is 0 Å². The Kier molecular flexibility index (Phi) is 4.39. The van der Waals surface area contributed by atoms with Gasteiger partial charge in [-0.05, 0) is 24.6 Å². The van der Waals surface area contributed by atoms with Crippen LogP contribution in [0.1, 0.15) is 18.5 Å². The molecule has 26 heavy (non-hydrogen) atoms. The van der Waals surface area contributed by atoms with Crippen LogP contribution < -0.4 is 10.5 Å². The summed E-state index contributed by atoms with van der Waals surface area (Å²) in [6.07, 6.45) is 1.39. The lowest BCUT2D eigenvalue weighted by atomic mass is 10.1. The van der Waals surface area contributed by atoms with E-state index in [1.165, 1.54) is 6.33 Å². The predicted octanol–water partition coefficient (Wildman–Crippen LogP) is 3.19. The van der Waals surface area contributed by atoms with E-state index in [0.717, 1.165) is 17.1 Å². The predicted molar refractivity (Wildman–Crippen MR) is 101 cm³/mol. The van der Waals surface area contributed by atoms with E-state index in [4.69, 9.17) is 4.42 Å². The van der Waals surface area contributed by atoms with E-state index in [-0.39, 0.29) is 6.04 Å². The minimum atomic E-state index is -1.53. The van der Waals surface area contributed by atoms with Crippen molar-refractivity contribution in [1.82, 2.24) is 13.9 Å². The average molecular weight is 386 g/mol. The van der Waals surface area contributed by atoms with Crippen LogP contribution in [0.5, 0.6) is 0 Å². The van der Waals surface area contributed by atoms with Crippen molar-refractivity contribution in [2.45, 2.75) is 17.9 Å². The number of nitrogens with one attached hydrogen (secondary N) is 1. The van der Waals surface area contributed by atoms with Gasteiger partial charge in [0.25, 0.3) is 0 Å². The van der Waals surface area contributed by atoms with Crippen LogP contribution in [0.15, 0.2) is 69.0 Å². The van der Waals surface area contributed by atoms with Gasteiger partial charge in [0, 0.05) is 17.6 Å². The van der Waals surface area contributed by atoms with Gasteiger partial charge in [-0.15, -0.1) is 0 Å². The summed E-state index contributed by atoms with van der Waals surface area (Å²) < 4.78 is 26.0. The highest BCUT2D eigenvalue weighted by molar-refractivity contribution is 7.86. The molecule has 4 aromatic rings. The first kappa shape index (κ1) is 16.7. The van der Waals surface area contributed by atoms with E-state index >= 15 is 0 Å². The lowest BCUT2D eigenvalue weighted by Gasteiger charge is -2.13. The third-order valence-corrected chi connectivity index (χ3v) is 5.78. The van der Waals surface area contributed by atoms with E-state index in [0.29, 0.717) is 21.1 Å². The van der Waals surface area contributed by atoms with Gasteiger partial charge >= 0.3 is 5.76 Å². The van der Waals surface area contributed by atoms with Crippen LogP contribution in [0.4, 0.5) is 5.13 Å². The normalized spacial score (nSPS) is 13.6. The first-order valence-corrected chi connectivity index (χ1v) is 9.71. The summed E-state index contributed by atoms with van der Waals surface area (Å²) in [6, 6.07) is 14.6. The molecule has 0 bridgehead atoms. The van der Waals surface area contributed by atoms with Crippen LogP contribution in [0.2, 0.25) is 0 Å². The molecule has 4 rings (SSSR count). The molecular formula is C17H14N4O3S2. The van der Waals surface area contributed by atoms with Crippen LogP contribution in [0, 0.1) is 0 Å². The minimum absolute atomic E-state index is 0.180. The lowest BCUT2D eigenvalue weighted by molar-refractivity contribution is 0.489. The second-order valence-corrected chi connectivity index (χ2v) is 7.56. The van der Waals surface area contributed by atoms with Gasteiger partial charge in [-0.25, -0.2) is 14.0 Å². The van der Waals surface area contributed by atoms with Crippen LogP contribution in [0.3, 0.4) is 0 Å². The molecular weight excluding hydrogens is 372 g/mol. The number of aromatic nitrogens is 3. The molecule has 0 aliphatic carbocycles. The number of benzene rings is 2. The molecule has 0 saturated carbocycles. The molecule has 7 nitrogen and oxygen atoms in total.